The van der Waals surface area contributed by atoms with E-state index >= 15 is 0 Å². The van der Waals surface area contributed by atoms with Crippen molar-refractivity contribution in [3.05, 3.63) is 41.6 Å². The lowest BCUT2D eigenvalue weighted by molar-refractivity contribution is 0.104. The van der Waals surface area contributed by atoms with E-state index in [1.165, 1.54) is 11.1 Å². The molecule has 5 nitrogen and oxygen atoms in total. The van der Waals surface area contributed by atoms with Crippen LogP contribution in [0.4, 0.5) is 0 Å². The minimum absolute atomic E-state index is 0.225. The average Bonchev–Trinajstić information content (AvgIpc) is 2.96. The summed E-state index contributed by atoms with van der Waals surface area (Å²) in [5, 5.41) is 13.0. The molecule has 0 saturated carbocycles. The number of aromatic nitrogens is 2. The predicted octanol–water partition coefficient (Wildman–Crippen LogP) is 1.42. The standard InChI is InChI=1S/C14H19N3O2S/c1-11-4-2-3-5-12(11)6-7-15-8-13(18)10-19-14-9-16-20-17-14/h2-5,9,13,15,18H,6-8,10H2,1H3. The molecule has 0 aliphatic carbocycles. The first-order valence-electron chi connectivity index (χ1n) is 6.59. The fraction of sp³-hybridized carbons (Fsp3) is 0.429. The van der Waals surface area contributed by atoms with E-state index in [1.54, 1.807) is 6.20 Å². The van der Waals surface area contributed by atoms with Crippen LogP contribution in [0.5, 0.6) is 5.88 Å². The Kier molecular flexibility index (Phi) is 5.91. The number of aliphatic hydroxyl groups excluding tert-OH is 1. The van der Waals surface area contributed by atoms with Gasteiger partial charge in [-0.1, -0.05) is 24.3 Å². The van der Waals surface area contributed by atoms with Gasteiger partial charge in [0.05, 0.1) is 11.7 Å². The normalized spacial score (nSPS) is 12.3. The fourth-order valence-corrected chi connectivity index (χ4v) is 2.21. The maximum atomic E-state index is 9.77. The van der Waals surface area contributed by atoms with Gasteiger partial charge < -0.3 is 15.2 Å². The van der Waals surface area contributed by atoms with E-state index < -0.39 is 6.10 Å². The number of benzene rings is 1. The highest BCUT2D eigenvalue weighted by atomic mass is 32.1. The van der Waals surface area contributed by atoms with Crippen LogP contribution in [0, 0.1) is 6.92 Å². The van der Waals surface area contributed by atoms with Gasteiger partial charge in [0.2, 0.25) is 5.88 Å². The van der Waals surface area contributed by atoms with E-state index in [0.29, 0.717) is 12.4 Å². The first kappa shape index (κ1) is 14.9. The minimum atomic E-state index is -0.548. The lowest BCUT2D eigenvalue weighted by atomic mass is 10.1. The van der Waals surface area contributed by atoms with Gasteiger partial charge in [-0.2, -0.15) is 4.37 Å². The second-order valence-electron chi connectivity index (χ2n) is 4.59. The number of rotatable bonds is 8. The molecule has 1 aromatic heterocycles. The van der Waals surface area contributed by atoms with Crippen LogP contribution in [0.15, 0.2) is 30.5 Å². The average molecular weight is 293 g/mol. The van der Waals surface area contributed by atoms with Gasteiger partial charge in [-0.05, 0) is 31.0 Å². The summed E-state index contributed by atoms with van der Waals surface area (Å²) in [5.74, 6) is 0.467. The van der Waals surface area contributed by atoms with Gasteiger partial charge in [0.25, 0.3) is 0 Å². The first-order chi connectivity index (χ1) is 9.75. The van der Waals surface area contributed by atoms with Crippen molar-refractivity contribution in [1.82, 2.24) is 14.1 Å². The Hall–Kier alpha value is -1.50. The molecule has 0 saturated heterocycles. The van der Waals surface area contributed by atoms with Crippen molar-refractivity contribution >= 4 is 11.7 Å². The molecule has 2 rings (SSSR count). The van der Waals surface area contributed by atoms with Crippen molar-refractivity contribution in [2.45, 2.75) is 19.4 Å². The quantitative estimate of drug-likeness (QED) is 0.721. The number of aryl methyl sites for hydroxylation is 1. The Morgan fingerprint density at radius 3 is 3.00 bits per heavy atom. The SMILES string of the molecule is Cc1ccccc1CCNCC(O)COc1cnsn1. The fourth-order valence-electron chi connectivity index (χ4n) is 1.84. The molecule has 0 bridgehead atoms. The first-order valence-corrected chi connectivity index (χ1v) is 7.32. The zero-order valence-corrected chi connectivity index (χ0v) is 12.3. The van der Waals surface area contributed by atoms with Crippen LogP contribution in [0.3, 0.4) is 0 Å². The predicted molar refractivity (Wildman–Crippen MR) is 79.2 cm³/mol. The Bertz CT molecular complexity index is 505. The number of nitrogens with one attached hydrogen (secondary N) is 1. The third-order valence-corrected chi connectivity index (χ3v) is 3.44. The van der Waals surface area contributed by atoms with Gasteiger partial charge in [-0.25, -0.2) is 0 Å². The van der Waals surface area contributed by atoms with E-state index in [-0.39, 0.29) is 6.61 Å². The summed E-state index contributed by atoms with van der Waals surface area (Å²) in [7, 11) is 0. The summed E-state index contributed by atoms with van der Waals surface area (Å²) in [6.45, 7) is 3.67. The number of aliphatic hydroxyl groups is 1. The lowest BCUT2D eigenvalue weighted by Crippen LogP contribution is -2.32. The zero-order valence-electron chi connectivity index (χ0n) is 11.5. The molecule has 2 aromatic rings. The van der Waals surface area contributed by atoms with Crippen LogP contribution in [0.2, 0.25) is 0 Å². The smallest absolute Gasteiger partial charge is 0.245 e. The zero-order chi connectivity index (χ0) is 14.2. The molecule has 1 aromatic carbocycles. The van der Waals surface area contributed by atoms with Crippen molar-refractivity contribution < 1.29 is 9.84 Å². The maximum absolute atomic E-state index is 9.77. The van der Waals surface area contributed by atoms with Gasteiger partial charge in [0, 0.05) is 6.54 Å². The topological polar surface area (TPSA) is 67.3 Å². The molecule has 0 amide bonds. The molecule has 0 spiro atoms. The van der Waals surface area contributed by atoms with Crippen molar-refractivity contribution in [3.63, 3.8) is 0 Å². The second kappa shape index (κ2) is 7.94. The van der Waals surface area contributed by atoms with Gasteiger partial charge in [-0.3, -0.25) is 0 Å². The van der Waals surface area contributed by atoms with Crippen LogP contribution in [-0.4, -0.2) is 39.7 Å². The summed E-state index contributed by atoms with van der Waals surface area (Å²) in [6.07, 6.45) is 1.95. The molecule has 0 radical (unpaired) electrons. The van der Waals surface area contributed by atoms with E-state index in [4.69, 9.17) is 4.74 Å². The van der Waals surface area contributed by atoms with Crippen LogP contribution in [0.25, 0.3) is 0 Å². The minimum Gasteiger partial charge on any atom is -0.473 e. The Labute approximate surface area is 122 Å². The third kappa shape index (κ3) is 4.88. The molecular weight excluding hydrogens is 274 g/mol. The Morgan fingerprint density at radius 2 is 2.25 bits per heavy atom. The summed E-state index contributed by atoms with van der Waals surface area (Å²) in [4.78, 5) is 0. The van der Waals surface area contributed by atoms with Gasteiger partial charge >= 0.3 is 0 Å². The van der Waals surface area contributed by atoms with Crippen LogP contribution in [-0.2, 0) is 6.42 Å². The van der Waals surface area contributed by atoms with Gasteiger partial charge in [0.15, 0.2) is 0 Å². The summed E-state index contributed by atoms with van der Waals surface area (Å²) in [6, 6.07) is 8.33. The van der Waals surface area contributed by atoms with Crippen LogP contribution >= 0.6 is 11.7 Å². The summed E-state index contributed by atoms with van der Waals surface area (Å²) in [5.41, 5.74) is 2.63. The Balaban J connectivity index is 1.60. The molecule has 1 unspecified atom stereocenters. The van der Waals surface area contributed by atoms with E-state index in [9.17, 15) is 5.11 Å². The van der Waals surface area contributed by atoms with Gasteiger partial charge in [-0.15, -0.1) is 4.37 Å². The number of hydrogen-bond acceptors (Lipinski definition) is 6. The van der Waals surface area contributed by atoms with E-state index in [0.717, 1.165) is 24.7 Å². The largest absolute Gasteiger partial charge is 0.473 e. The van der Waals surface area contributed by atoms with E-state index in [1.807, 2.05) is 12.1 Å². The third-order valence-electron chi connectivity index (χ3n) is 2.98. The highest BCUT2D eigenvalue weighted by Crippen LogP contribution is 2.07. The van der Waals surface area contributed by atoms with Crippen molar-refractivity contribution in [1.29, 1.82) is 0 Å². The van der Waals surface area contributed by atoms with Crippen molar-refractivity contribution in [2.24, 2.45) is 0 Å². The molecule has 2 N–H and O–H groups in total. The van der Waals surface area contributed by atoms with E-state index in [2.05, 4.69) is 33.1 Å². The lowest BCUT2D eigenvalue weighted by Gasteiger charge is -2.12. The molecule has 1 atom stereocenters. The Morgan fingerprint density at radius 1 is 1.40 bits per heavy atom. The summed E-state index contributed by atoms with van der Waals surface area (Å²) < 4.78 is 13.0. The number of ether oxygens (including phenoxy) is 1. The molecule has 0 aliphatic rings. The summed E-state index contributed by atoms with van der Waals surface area (Å²) >= 11 is 1.09. The molecule has 20 heavy (non-hydrogen) atoms. The van der Waals surface area contributed by atoms with Crippen LogP contribution < -0.4 is 10.1 Å². The highest BCUT2D eigenvalue weighted by molar-refractivity contribution is 6.99. The molecular formula is C14H19N3O2S. The van der Waals surface area contributed by atoms with Gasteiger partial charge in [0.1, 0.15) is 18.9 Å². The molecule has 1 heterocycles. The monoisotopic (exact) mass is 293 g/mol. The van der Waals surface area contributed by atoms with Crippen molar-refractivity contribution in [3.8, 4) is 5.88 Å². The maximum Gasteiger partial charge on any atom is 0.245 e. The molecule has 108 valence electrons. The molecule has 0 fully saturated rings. The second-order valence-corrected chi connectivity index (χ2v) is 5.15. The molecule has 6 heteroatoms. The van der Waals surface area contributed by atoms with Crippen LogP contribution in [0.1, 0.15) is 11.1 Å². The highest BCUT2D eigenvalue weighted by Gasteiger charge is 2.06. The van der Waals surface area contributed by atoms with Crippen molar-refractivity contribution in [2.75, 3.05) is 19.7 Å². The number of hydrogen-bond donors (Lipinski definition) is 2. The molecule has 0 aliphatic heterocycles. The number of nitrogens with zero attached hydrogens (tertiary/aromatic N) is 2.